The number of nitrogens with two attached hydrogens (primary N) is 1. The molecule has 0 radical (unpaired) electrons. The number of thiazole rings is 1. The molecule has 2 aromatic carbocycles. The highest BCUT2D eigenvalue weighted by Crippen LogP contribution is 2.47. The van der Waals surface area contributed by atoms with Gasteiger partial charge in [0.15, 0.2) is 0 Å². The van der Waals surface area contributed by atoms with Crippen LogP contribution in [0.15, 0.2) is 66.0 Å². The van der Waals surface area contributed by atoms with Gasteiger partial charge in [-0.1, -0.05) is 29.8 Å². The van der Waals surface area contributed by atoms with Gasteiger partial charge in [0.25, 0.3) is 0 Å². The van der Waals surface area contributed by atoms with Gasteiger partial charge in [-0.05, 0) is 47.8 Å². The highest BCUT2D eigenvalue weighted by Gasteiger charge is 2.25. The third-order valence-electron chi connectivity index (χ3n) is 4.51. The Hall–Kier alpha value is -2.71. The van der Waals surface area contributed by atoms with Crippen molar-refractivity contribution in [3.05, 3.63) is 80.8 Å². The number of carbonyl (C=O) groups is 1. The van der Waals surface area contributed by atoms with E-state index >= 15 is 0 Å². The third-order valence-corrected chi connectivity index (χ3v) is 7.80. The van der Waals surface area contributed by atoms with Crippen LogP contribution >= 0.6 is 45.6 Å². The molecule has 0 aliphatic heterocycles. The normalized spacial score (nSPS) is 11.1. The van der Waals surface area contributed by atoms with Crippen molar-refractivity contribution in [1.29, 1.82) is 0 Å². The smallest absolute Gasteiger partial charge is 0.215 e. The number of hydrogen-bond acceptors (Lipinski definition) is 7. The summed E-state index contributed by atoms with van der Waals surface area (Å²) < 4.78 is 1.07. The van der Waals surface area contributed by atoms with Gasteiger partial charge in [-0.15, -0.1) is 34.0 Å². The molecule has 0 amide bonds. The van der Waals surface area contributed by atoms with Gasteiger partial charge in [0, 0.05) is 10.7 Å². The summed E-state index contributed by atoms with van der Waals surface area (Å²) in [6.45, 7) is 0. The van der Waals surface area contributed by atoms with E-state index in [1.54, 1.807) is 11.3 Å². The van der Waals surface area contributed by atoms with Gasteiger partial charge in [-0.25, -0.2) is 4.98 Å². The van der Waals surface area contributed by atoms with Crippen LogP contribution in [-0.2, 0) is 0 Å². The van der Waals surface area contributed by atoms with E-state index in [0.29, 0.717) is 20.5 Å². The van der Waals surface area contributed by atoms with Crippen molar-refractivity contribution < 1.29 is 4.79 Å². The summed E-state index contributed by atoms with van der Waals surface area (Å²) >= 11 is 10.3. The lowest BCUT2D eigenvalue weighted by Gasteiger charge is -2.06. The molecule has 0 spiro atoms. The van der Waals surface area contributed by atoms with Crippen LogP contribution in [0.4, 0.5) is 16.4 Å². The number of nitrogen functional groups attached to an aromatic ring is 1. The molecule has 3 N–H and O–H groups in total. The standard InChI is InChI=1S/C22H14ClN3OS3/c23-12-7-9-13(10-8-12)25-21-17(22-26-14-4-1-2-5-15(14)29-22)18(24)20(30-21)19(27)16-6-3-11-28-16/h1-11,25H,24H2. The molecule has 5 aromatic rings. The molecule has 0 aliphatic rings. The number of anilines is 3. The first-order valence-electron chi connectivity index (χ1n) is 8.99. The number of rotatable bonds is 5. The molecule has 5 rings (SSSR count). The van der Waals surface area contributed by atoms with Crippen molar-refractivity contribution >= 4 is 78.0 Å². The molecular weight excluding hydrogens is 454 g/mol. The fourth-order valence-electron chi connectivity index (χ4n) is 3.08. The maximum absolute atomic E-state index is 13.1. The molecule has 30 heavy (non-hydrogen) atoms. The number of thiophene rings is 2. The Balaban J connectivity index is 1.66. The van der Waals surface area contributed by atoms with Crippen LogP contribution in [0.2, 0.25) is 5.02 Å². The SMILES string of the molecule is Nc1c(C(=O)c2cccs2)sc(Nc2ccc(Cl)cc2)c1-c1nc2ccccc2s1. The van der Waals surface area contributed by atoms with E-state index in [1.165, 1.54) is 22.7 Å². The van der Waals surface area contributed by atoms with Crippen molar-refractivity contribution in [2.24, 2.45) is 0 Å². The Kier molecular flexibility index (Phi) is 5.04. The highest BCUT2D eigenvalue weighted by molar-refractivity contribution is 7.24. The summed E-state index contributed by atoms with van der Waals surface area (Å²) in [5.74, 6) is -0.0704. The number of aromatic nitrogens is 1. The molecule has 4 nitrogen and oxygen atoms in total. The molecule has 8 heteroatoms. The molecule has 0 bridgehead atoms. The summed E-state index contributed by atoms with van der Waals surface area (Å²) in [5.41, 5.74) is 9.52. The Morgan fingerprint density at radius 1 is 1.00 bits per heavy atom. The number of nitrogens with zero attached hydrogens (tertiary/aromatic N) is 1. The molecule has 0 unspecified atom stereocenters. The van der Waals surface area contributed by atoms with Gasteiger partial charge in [-0.2, -0.15) is 0 Å². The monoisotopic (exact) mass is 467 g/mol. The number of carbonyl (C=O) groups excluding carboxylic acids is 1. The predicted octanol–water partition coefficient (Wildman–Crippen LogP) is 7.30. The van der Waals surface area contributed by atoms with Crippen molar-refractivity contribution in [2.45, 2.75) is 0 Å². The summed E-state index contributed by atoms with van der Waals surface area (Å²) in [7, 11) is 0. The molecule has 0 atom stereocenters. The van der Waals surface area contributed by atoms with E-state index in [0.717, 1.165) is 31.5 Å². The summed E-state index contributed by atoms with van der Waals surface area (Å²) in [6.07, 6.45) is 0. The molecule has 3 heterocycles. The zero-order valence-corrected chi connectivity index (χ0v) is 18.6. The zero-order valence-electron chi connectivity index (χ0n) is 15.4. The molecule has 0 fully saturated rings. The van der Waals surface area contributed by atoms with Crippen molar-refractivity contribution in [1.82, 2.24) is 4.98 Å². The van der Waals surface area contributed by atoms with Crippen LogP contribution in [0, 0.1) is 0 Å². The molecule has 3 aromatic heterocycles. The number of fused-ring (bicyclic) bond motifs is 1. The first-order chi connectivity index (χ1) is 14.6. The van der Waals surface area contributed by atoms with Gasteiger partial charge >= 0.3 is 0 Å². The lowest BCUT2D eigenvalue weighted by Crippen LogP contribution is -2.00. The van der Waals surface area contributed by atoms with Gasteiger partial charge in [0.2, 0.25) is 5.78 Å². The maximum Gasteiger partial charge on any atom is 0.215 e. The minimum absolute atomic E-state index is 0.0704. The number of hydrogen-bond donors (Lipinski definition) is 2. The van der Waals surface area contributed by atoms with E-state index < -0.39 is 0 Å². The van der Waals surface area contributed by atoms with Crippen LogP contribution in [0.5, 0.6) is 0 Å². The minimum Gasteiger partial charge on any atom is -0.397 e. The number of benzene rings is 2. The zero-order chi connectivity index (χ0) is 20.7. The number of halogens is 1. The number of nitrogens with one attached hydrogen (secondary N) is 1. The predicted molar refractivity (Wildman–Crippen MR) is 130 cm³/mol. The Morgan fingerprint density at radius 3 is 2.53 bits per heavy atom. The molecule has 0 aliphatic carbocycles. The van der Waals surface area contributed by atoms with E-state index in [1.807, 2.05) is 66.0 Å². The first-order valence-corrected chi connectivity index (χ1v) is 11.9. The molecule has 0 saturated heterocycles. The lowest BCUT2D eigenvalue weighted by molar-refractivity contribution is 0.104. The largest absolute Gasteiger partial charge is 0.397 e. The highest BCUT2D eigenvalue weighted by atomic mass is 35.5. The van der Waals surface area contributed by atoms with Gasteiger partial charge in [0.05, 0.1) is 26.3 Å². The average Bonchev–Trinajstić information content (AvgIpc) is 3.48. The van der Waals surface area contributed by atoms with E-state index in [2.05, 4.69) is 5.32 Å². The van der Waals surface area contributed by atoms with E-state index in [4.69, 9.17) is 22.3 Å². The Morgan fingerprint density at radius 2 is 1.80 bits per heavy atom. The van der Waals surface area contributed by atoms with Crippen LogP contribution in [0.3, 0.4) is 0 Å². The topological polar surface area (TPSA) is 68.0 Å². The van der Waals surface area contributed by atoms with Gasteiger partial charge < -0.3 is 11.1 Å². The van der Waals surface area contributed by atoms with Crippen LogP contribution in [-0.4, -0.2) is 10.8 Å². The number of ketones is 1. The minimum atomic E-state index is -0.0704. The Bertz CT molecular complexity index is 1320. The quantitative estimate of drug-likeness (QED) is 0.266. The van der Waals surface area contributed by atoms with Crippen LogP contribution < -0.4 is 11.1 Å². The fourth-order valence-corrected chi connectivity index (χ4v) is 6.13. The van der Waals surface area contributed by atoms with Crippen LogP contribution in [0.1, 0.15) is 14.5 Å². The molecule has 0 saturated carbocycles. The van der Waals surface area contributed by atoms with Crippen molar-refractivity contribution in [3.63, 3.8) is 0 Å². The molecular formula is C22H14ClN3OS3. The fraction of sp³-hybridized carbons (Fsp3) is 0. The second-order valence-electron chi connectivity index (χ2n) is 6.47. The lowest BCUT2D eigenvalue weighted by atomic mass is 10.2. The third kappa shape index (κ3) is 3.50. The second-order valence-corrected chi connectivity index (χ2v) is 9.91. The summed E-state index contributed by atoms with van der Waals surface area (Å²) in [6, 6.07) is 19.0. The number of para-hydroxylation sites is 1. The molecule has 148 valence electrons. The van der Waals surface area contributed by atoms with Crippen LogP contribution in [0.25, 0.3) is 20.8 Å². The maximum atomic E-state index is 13.1. The average molecular weight is 468 g/mol. The summed E-state index contributed by atoms with van der Waals surface area (Å²) in [5, 5.41) is 7.52. The van der Waals surface area contributed by atoms with Crippen molar-refractivity contribution in [2.75, 3.05) is 11.1 Å². The first kappa shape index (κ1) is 19.3. The van der Waals surface area contributed by atoms with Gasteiger partial charge in [-0.3, -0.25) is 4.79 Å². The van der Waals surface area contributed by atoms with Crippen molar-refractivity contribution in [3.8, 4) is 10.6 Å². The summed E-state index contributed by atoms with van der Waals surface area (Å²) in [4.78, 5) is 19.0. The Labute approximate surface area is 189 Å². The van der Waals surface area contributed by atoms with Gasteiger partial charge in [0.1, 0.15) is 14.9 Å². The second kappa shape index (κ2) is 7.85. The van der Waals surface area contributed by atoms with E-state index in [9.17, 15) is 4.79 Å². The van der Waals surface area contributed by atoms with E-state index in [-0.39, 0.29) is 5.78 Å².